The molecular formula is C10H14N2O2. The summed E-state index contributed by atoms with van der Waals surface area (Å²) < 4.78 is 1.83. The first kappa shape index (κ1) is 9.24. The van der Waals surface area contributed by atoms with E-state index in [1.54, 1.807) is 6.20 Å². The van der Waals surface area contributed by atoms with Crippen molar-refractivity contribution in [3.8, 4) is 0 Å². The summed E-state index contributed by atoms with van der Waals surface area (Å²) in [4.78, 5) is 11.0. The average Bonchev–Trinajstić information content (AvgIpc) is 2.59. The number of rotatable bonds is 2. The van der Waals surface area contributed by atoms with Crippen molar-refractivity contribution in [2.45, 2.75) is 38.6 Å². The van der Waals surface area contributed by atoms with Crippen LogP contribution in [0.15, 0.2) is 6.20 Å². The van der Waals surface area contributed by atoms with Gasteiger partial charge in [-0.3, -0.25) is 9.48 Å². The normalized spacial score (nSPS) is 20.1. The van der Waals surface area contributed by atoms with Gasteiger partial charge in [0.2, 0.25) is 0 Å². The number of hydrogen-bond acceptors (Lipinski definition) is 2. The summed E-state index contributed by atoms with van der Waals surface area (Å²) in [5.41, 5.74) is 2.01. The van der Waals surface area contributed by atoms with Crippen LogP contribution in [0, 0.1) is 0 Å². The molecule has 4 heteroatoms. The van der Waals surface area contributed by atoms with Crippen LogP contribution in [0.3, 0.4) is 0 Å². The van der Waals surface area contributed by atoms with Crippen LogP contribution in [0.4, 0.5) is 0 Å². The van der Waals surface area contributed by atoms with E-state index in [-0.39, 0.29) is 12.0 Å². The summed E-state index contributed by atoms with van der Waals surface area (Å²) in [6.07, 6.45) is 3.37. The second kappa shape index (κ2) is 3.12. The summed E-state index contributed by atoms with van der Waals surface area (Å²) >= 11 is 0. The maximum atomic E-state index is 11.0. The molecule has 0 bridgehead atoms. The second-order valence-corrected chi connectivity index (χ2v) is 4.02. The van der Waals surface area contributed by atoms with E-state index in [9.17, 15) is 4.79 Å². The van der Waals surface area contributed by atoms with Crippen LogP contribution in [-0.4, -0.2) is 20.9 Å². The Kier molecular flexibility index (Phi) is 2.06. The number of fused-ring (bicyclic) bond motifs is 1. The summed E-state index contributed by atoms with van der Waals surface area (Å²) in [7, 11) is 0. The third-order valence-corrected chi connectivity index (χ3v) is 2.73. The number of nitrogens with zero attached hydrogens (tertiary/aromatic N) is 2. The highest BCUT2D eigenvalue weighted by atomic mass is 16.4. The number of carbonyl (C=O) groups is 1. The Balaban J connectivity index is 2.45. The molecule has 0 saturated carbocycles. The van der Waals surface area contributed by atoms with Crippen molar-refractivity contribution in [2.75, 3.05) is 0 Å². The van der Waals surface area contributed by atoms with Gasteiger partial charge in [0.05, 0.1) is 17.8 Å². The number of aromatic nitrogens is 2. The van der Waals surface area contributed by atoms with Crippen molar-refractivity contribution in [3.05, 3.63) is 17.5 Å². The molecule has 0 spiro atoms. The highest BCUT2D eigenvalue weighted by Gasteiger charge is 2.32. The molecule has 1 heterocycles. The molecule has 1 aliphatic rings. The second-order valence-electron chi connectivity index (χ2n) is 4.02. The van der Waals surface area contributed by atoms with E-state index in [0.29, 0.717) is 0 Å². The third kappa shape index (κ3) is 1.22. The third-order valence-electron chi connectivity index (χ3n) is 2.73. The highest BCUT2D eigenvalue weighted by molar-refractivity contribution is 5.77. The first-order chi connectivity index (χ1) is 6.61. The zero-order valence-corrected chi connectivity index (χ0v) is 8.40. The van der Waals surface area contributed by atoms with E-state index in [1.165, 1.54) is 0 Å². The molecule has 0 amide bonds. The van der Waals surface area contributed by atoms with Crippen LogP contribution in [0.2, 0.25) is 0 Å². The lowest BCUT2D eigenvalue weighted by Gasteiger charge is -2.13. The van der Waals surface area contributed by atoms with Crippen molar-refractivity contribution < 1.29 is 9.90 Å². The maximum absolute atomic E-state index is 11.0. The Morgan fingerprint density at radius 2 is 2.43 bits per heavy atom. The molecule has 0 unspecified atom stereocenters. The van der Waals surface area contributed by atoms with Gasteiger partial charge in [-0.2, -0.15) is 5.10 Å². The van der Waals surface area contributed by atoms with Crippen LogP contribution in [0.5, 0.6) is 0 Å². The van der Waals surface area contributed by atoms with Gasteiger partial charge >= 0.3 is 5.97 Å². The highest BCUT2D eigenvalue weighted by Crippen LogP contribution is 2.34. The Bertz CT molecular complexity index is 368. The molecule has 0 radical (unpaired) electrons. The van der Waals surface area contributed by atoms with Crippen molar-refractivity contribution in [1.29, 1.82) is 0 Å². The smallest absolute Gasteiger partial charge is 0.312 e. The molecular weight excluding hydrogens is 180 g/mol. The van der Waals surface area contributed by atoms with Gasteiger partial charge in [-0.05, 0) is 32.3 Å². The predicted molar refractivity (Wildman–Crippen MR) is 51.3 cm³/mol. The lowest BCUT2D eigenvalue weighted by atomic mass is 10.1. The van der Waals surface area contributed by atoms with Crippen LogP contribution >= 0.6 is 0 Å². The number of aliphatic carboxylic acids is 1. The van der Waals surface area contributed by atoms with Gasteiger partial charge in [-0.1, -0.05) is 0 Å². The van der Waals surface area contributed by atoms with Crippen LogP contribution in [0.1, 0.15) is 43.5 Å². The predicted octanol–water partition coefficient (Wildman–Crippen LogP) is 1.58. The van der Waals surface area contributed by atoms with E-state index in [1.807, 2.05) is 18.5 Å². The molecule has 4 nitrogen and oxygen atoms in total. The zero-order chi connectivity index (χ0) is 10.3. The van der Waals surface area contributed by atoms with Crippen molar-refractivity contribution in [3.63, 3.8) is 0 Å². The Hall–Kier alpha value is -1.32. The Labute approximate surface area is 82.5 Å². The largest absolute Gasteiger partial charge is 0.481 e. The van der Waals surface area contributed by atoms with E-state index in [2.05, 4.69) is 5.10 Å². The topological polar surface area (TPSA) is 55.1 Å². The van der Waals surface area contributed by atoms with Gasteiger partial charge in [-0.15, -0.1) is 0 Å². The lowest BCUT2D eigenvalue weighted by molar-refractivity contribution is -0.138. The zero-order valence-electron chi connectivity index (χ0n) is 8.40. The minimum Gasteiger partial charge on any atom is -0.481 e. The average molecular weight is 194 g/mol. The fourth-order valence-corrected chi connectivity index (χ4v) is 2.07. The van der Waals surface area contributed by atoms with Crippen LogP contribution in [0.25, 0.3) is 0 Å². The standard InChI is InChI=1S/C10H14N2O2/c1-6(2)12-9-7(5-11-12)3-4-8(9)10(13)14/h5-6,8H,3-4H2,1-2H3,(H,13,14)/t8-/m0/s1. The Morgan fingerprint density at radius 1 is 1.71 bits per heavy atom. The SMILES string of the molecule is CC(C)n1ncc2c1[C@@H](C(=O)O)CC2. The monoisotopic (exact) mass is 194 g/mol. The summed E-state index contributed by atoms with van der Waals surface area (Å²) in [5, 5.41) is 13.3. The molecule has 14 heavy (non-hydrogen) atoms. The van der Waals surface area contributed by atoms with E-state index in [0.717, 1.165) is 24.1 Å². The minimum absolute atomic E-state index is 0.235. The minimum atomic E-state index is -0.730. The van der Waals surface area contributed by atoms with E-state index < -0.39 is 5.97 Å². The van der Waals surface area contributed by atoms with Crippen LogP contribution in [-0.2, 0) is 11.2 Å². The number of carboxylic acids is 1. The maximum Gasteiger partial charge on any atom is 0.312 e. The quantitative estimate of drug-likeness (QED) is 0.777. The first-order valence-corrected chi connectivity index (χ1v) is 4.90. The van der Waals surface area contributed by atoms with Crippen molar-refractivity contribution >= 4 is 5.97 Å². The van der Waals surface area contributed by atoms with Crippen LogP contribution < -0.4 is 0 Å². The molecule has 1 atom stereocenters. The van der Waals surface area contributed by atoms with Gasteiger partial charge in [0.1, 0.15) is 0 Å². The van der Waals surface area contributed by atoms with Gasteiger partial charge in [-0.25, -0.2) is 0 Å². The molecule has 0 aliphatic heterocycles. The lowest BCUT2D eigenvalue weighted by Crippen LogP contribution is -2.15. The number of aryl methyl sites for hydroxylation is 1. The molecule has 1 aromatic rings. The molecule has 0 saturated heterocycles. The van der Waals surface area contributed by atoms with Gasteiger partial charge in [0, 0.05) is 6.04 Å². The Morgan fingerprint density at radius 3 is 3.00 bits per heavy atom. The molecule has 76 valence electrons. The number of carboxylic acid groups (broad SMARTS) is 1. The van der Waals surface area contributed by atoms with E-state index in [4.69, 9.17) is 5.11 Å². The van der Waals surface area contributed by atoms with Crippen molar-refractivity contribution in [2.24, 2.45) is 0 Å². The first-order valence-electron chi connectivity index (χ1n) is 4.90. The van der Waals surface area contributed by atoms with Gasteiger partial charge in [0.15, 0.2) is 0 Å². The molecule has 0 fully saturated rings. The van der Waals surface area contributed by atoms with E-state index >= 15 is 0 Å². The fourth-order valence-electron chi connectivity index (χ4n) is 2.07. The summed E-state index contributed by atoms with van der Waals surface area (Å²) in [5.74, 6) is -1.08. The summed E-state index contributed by atoms with van der Waals surface area (Å²) in [6, 6.07) is 0.235. The van der Waals surface area contributed by atoms with Gasteiger partial charge in [0.25, 0.3) is 0 Å². The van der Waals surface area contributed by atoms with Gasteiger partial charge < -0.3 is 5.11 Å². The molecule has 1 aliphatic carbocycles. The molecule has 1 aromatic heterocycles. The summed E-state index contributed by atoms with van der Waals surface area (Å²) in [6.45, 7) is 4.04. The van der Waals surface area contributed by atoms with Crippen molar-refractivity contribution in [1.82, 2.24) is 9.78 Å². The molecule has 0 aromatic carbocycles. The molecule has 2 rings (SSSR count). The fraction of sp³-hybridized carbons (Fsp3) is 0.600. The number of hydrogen-bond donors (Lipinski definition) is 1. The molecule has 1 N–H and O–H groups in total.